The summed E-state index contributed by atoms with van der Waals surface area (Å²) in [6.45, 7) is 13.0. The third-order valence-electron chi connectivity index (χ3n) is 5.68. The zero-order valence-corrected chi connectivity index (χ0v) is 17.5. The summed E-state index contributed by atoms with van der Waals surface area (Å²) in [5.41, 5.74) is 0. The molecule has 1 saturated heterocycles. The maximum atomic E-state index is 5.52. The maximum absolute atomic E-state index is 5.52. The molecule has 0 atom stereocenters. The Balaban J connectivity index is 2.49. The minimum atomic E-state index is -2.42. The van der Waals surface area contributed by atoms with Gasteiger partial charge in [-0.15, -0.1) is 0 Å². The third kappa shape index (κ3) is 4.62. The zero-order chi connectivity index (χ0) is 16.6. The van der Waals surface area contributed by atoms with E-state index >= 15 is 0 Å². The largest absolute Gasteiger partial charge is 0.501 e. The maximum Gasteiger partial charge on any atom is 0.501 e. The van der Waals surface area contributed by atoms with Crippen LogP contribution >= 0.6 is 0 Å². The van der Waals surface area contributed by atoms with Crippen molar-refractivity contribution in [2.24, 2.45) is 0 Å². The zero-order valence-electron chi connectivity index (χ0n) is 15.5. The van der Waals surface area contributed by atoms with E-state index in [1.54, 1.807) is 21.3 Å². The van der Waals surface area contributed by atoms with E-state index in [4.69, 9.17) is 13.3 Å². The number of nitrogens with zero attached hydrogens (tertiary/aromatic N) is 2. The minimum Gasteiger partial charge on any atom is -0.377 e. The summed E-state index contributed by atoms with van der Waals surface area (Å²) in [5.74, 6) is 0. The van der Waals surface area contributed by atoms with E-state index in [-0.39, 0.29) is 0 Å². The lowest BCUT2D eigenvalue weighted by atomic mass is 10.4. The van der Waals surface area contributed by atoms with Gasteiger partial charge in [0.2, 0.25) is 0 Å². The smallest absolute Gasteiger partial charge is 0.377 e. The minimum absolute atomic E-state index is 0.869. The normalized spacial score (nSPS) is 18.8. The molecule has 132 valence electrons. The van der Waals surface area contributed by atoms with Gasteiger partial charge in [-0.3, -0.25) is 0 Å². The molecule has 1 aliphatic heterocycles. The molecule has 0 radical (unpaired) electrons. The van der Waals surface area contributed by atoms with Crippen molar-refractivity contribution in [2.75, 3.05) is 54.1 Å². The standard InChI is InChI=1S/C15H36N2O3Si2/c1-7-21(8-2,9-3)17-12-10-16(11-13-17)14-15-22(18-4,19-5)20-6/h7-15H2,1-6H3. The highest BCUT2D eigenvalue weighted by Gasteiger charge is 2.39. The van der Waals surface area contributed by atoms with Crippen LogP contribution in [0.5, 0.6) is 0 Å². The van der Waals surface area contributed by atoms with Gasteiger partial charge in [0, 0.05) is 60.1 Å². The average Bonchev–Trinajstić information content (AvgIpc) is 2.60. The molecule has 0 bridgehead atoms. The summed E-state index contributed by atoms with van der Waals surface area (Å²) in [6.07, 6.45) is 0. The molecular formula is C15H36N2O3Si2. The Hall–Kier alpha value is 0.234. The number of piperazine rings is 1. The fraction of sp³-hybridized carbons (Fsp3) is 1.00. The molecule has 0 aromatic rings. The summed E-state index contributed by atoms with van der Waals surface area (Å²) in [4.78, 5) is 2.54. The van der Waals surface area contributed by atoms with Crippen molar-refractivity contribution in [1.82, 2.24) is 9.47 Å². The van der Waals surface area contributed by atoms with Crippen LogP contribution in [0.3, 0.4) is 0 Å². The van der Waals surface area contributed by atoms with Gasteiger partial charge < -0.3 is 22.7 Å². The molecule has 0 unspecified atom stereocenters. The van der Waals surface area contributed by atoms with Crippen molar-refractivity contribution < 1.29 is 13.3 Å². The van der Waals surface area contributed by atoms with Crippen molar-refractivity contribution in [2.45, 2.75) is 44.9 Å². The molecule has 22 heavy (non-hydrogen) atoms. The molecule has 0 spiro atoms. The second-order valence-electron chi connectivity index (χ2n) is 6.16. The second kappa shape index (κ2) is 9.51. The van der Waals surface area contributed by atoms with Crippen molar-refractivity contribution in [3.63, 3.8) is 0 Å². The topological polar surface area (TPSA) is 34.2 Å². The SMILES string of the molecule is CC[Si](CC)(CC)N1CCN(CC[Si](OC)(OC)OC)CC1. The molecule has 0 aliphatic carbocycles. The first-order valence-electron chi connectivity index (χ1n) is 8.68. The van der Waals surface area contributed by atoms with Crippen LogP contribution in [0, 0.1) is 0 Å². The van der Waals surface area contributed by atoms with Crippen LogP contribution in [0.25, 0.3) is 0 Å². The lowest BCUT2D eigenvalue weighted by molar-refractivity contribution is 0.113. The molecule has 0 N–H and O–H groups in total. The molecule has 1 rings (SSSR count). The quantitative estimate of drug-likeness (QED) is 0.567. The summed E-state index contributed by atoms with van der Waals surface area (Å²) in [6, 6.07) is 5.02. The van der Waals surface area contributed by atoms with Crippen LogP contribution in [0.4, 0.5) is 0 Å². The Morgan fingerprint density at radius 2 is 1.23 bits per heavy atom. The molecule has 5 nitrogen and oxygen atoms in total. The third-order valence-corrected chi connectivity index (χ3v) is 14.1. The Bertz CT molecular complexity index is 289. The van der Waals surface area contributed by atoms with Crippen molar-refractivity contribution in [3.05, 3.63) is 0 Å². The Morgan fingerprint density at radius 1 is 0.773 bits per heavy atom. The van der Waals surface area contributed by atoms with E-state index in [0.29, 0.717) is 0 Å². The summed E-state index contributed by atoms with van der Waals surface area (Å²) in [5, 5.41) is 0. The average molecular weight is 349 g/mol. The molecule has 1 heterocycles. The van der Waals surface area contributed by atoms with Crippen LogP contribution in [-0.2, 0) is 13.3 Å². The molecule has 1 aliphatic rings. The molecule has 1 fully saturated rings. The van der Waals surface area contributed by atoms with Crippen LogP contribution < -0.4 is 0 Å². The van der Waals surface area contributed by atoms with Gasteiger partial charge in [-0.1, -0.05) is 20.8 Å². The summed E-state index contributed by atoms with van der Waals surface area (Å²) < 4.78 is 19.4. The van der Waals surface area contributed by atoms with Crippen LogP contribution in [0.15, 0.2) is 0 Å². The van der Waals surface area contributed by atoms with E-state index in [0.717, 1.165) is 25.7 Å². The highest BCUT2D eigenvalue weighted by molar-refractivity contribution is 6.77. The fourth-order valence-electron chi connectivity index (χ4n) is 3.72. The van der Waals surface area contributed by atoms with Gasteiger partial charge in [0.25, 0.3) is 0 Å². The van der Waals surface area contributed by atoms with Gasteiger partial charge in [-0.05, 0) is 18.1 Å². The number of hydrogen-bond acceptors (Lipinski definition) is 5. The van der Waals surface area contributed by atoms with E-state index in [9.17, 15) is 0 Å². The molecule has 0 aromatic heterocycles. The highest BCUT2D eigenvalue weighted by Crippen LogP contribution is 2.26. The molecule has 0 aromatic carbocycles. The van der Waals surface area contributed by atoms with Crippen LogP contribution in [0.1, 0.15) is 20.8 Å². The first-order chi connectivity index (χ1) is 10.5. The first-order valence-corrected chi connectivity index (χ1v) is 13.2. The summed E-state index contributed by atoms with van der Waals surface area (Å²) >= 11 is 0. The van der Waals surface area contributed by atoms with Crippen LogP contribution in [-0.4, -0.2) is 80.6 Å². The van der Waals surface area contributed by atoms with Crippen molar-refractivity contribution in [3.8, 4) is 0 Å². The fourth-order valence-corrected chi connectivity index (χ4v) is 9.41. The van der Waals surface area contributed by atoms with Gasteiger partial charge in [0.1, 0.15) is 8.24 Å². The van der Waals surface area contributed by atoms with Gasteiger partial charge in [0.05, 0.1) is 0 Å². The highest BCUT2D eigenvalue weighted by atomic mass is 28.4. The molecule has 0 amide bonds. The lowest BCUT2D eigenvalue weighted by Gasteiger charge is -2.46. The first kappa shape index (κ1) is 20.3. The van der Waals surface area contributed by atoms with Crippen LogP contribution in [0.2, 0.25) is 24.2 Å². The Kier molecular flexibility index (Phi) is 8.77. The predicted octanol–water partition coefficient (Wildman–Crippen LogP) is 2.49. The second-order valence-corrected chi connectivity index (χ2v) is 14.5. The predicted molar refractivity (Wildman–Crippen MR) is 96.8 cm³/mol. The lowest BCUT2D eigenvalue weighted by Crippen LogP contribution is -2.60. The summed E-state index contributed by atoms with van der Waals surface area (Å²) in [7, 11) is 1.48. The van der Waals surface area contributed by atoms with Gasteiger partial charge >= 0.3 is 8.80 Å². The molecule has 7 heteroatoms. The molecular weight excluding hydrogens is 312 g/mol. The Morgan fingerprint density at radius 3 is 1.59 bits per heavy atom. The van der Waals surface area contributed by atoms with Gasteiger partial charge in [0.15, 0.2) is 0 Å². The van der Waals surface area contributed by atoms with E-state index in [2.05, 4.69) is 30.2 Å². The van der Waals surface area contributed by atoms with E-state index in [1.165, 1.54) is 31.2 Å². The monoisotopic (exact) mass is 348 g/mol. The number of rotatable bonds is 10. The van der Waals surface area contributed by atoms with Crippen molar-refractivity contribution >= 4 is 17.0 Å². The van der Waals surface area contributed by atoms with Gasteiger partial charge in [-0.2, -0.15) is 0 Å². The van der Waals surface area contributed by atoms with E-state index in [1.807, 2.05) is 0 Å². The Labute approximate surface area is 139 Å². The van der Waals surface area contributed by atoms with Gasteiger partial charge in [-0.25, -0.2) is 0 Å². The number of hydrogen-bond donors (Lipinski definition) is 0. The molecule has 0 saturated carbocycles. The van der Waals surface area contributed by atoms with Crippen molar-refractivity contribution in [1.29, 1.82) is 0 Å². The van der Waals surface area contributed by atoms with E-state index < -0.39 is 17.0 Å².